The highest BCUT2D eigenvalue weighted by atomic mass is 19.1. The number of hydrogen-bond acceptors (Lipinski definition) is 3. The highest BCUT2D eigenvalue weighted by Gasteiger charge is 2.32. The van der Waals surface area contributed by atoms with Gasteiger partial charge >= 0.3 is 0 Å². The van der Waals surface area contributed by atoms with Crippen LogP contribution in [0.4, 0.5) is 4.39 Å². The molecule has 0 unspecified atom stereocenters. The van der Waals surface area contributed by atoms with E-state index in [-0.39, 0.29) is 18.0 Å². The molecule has 118 valence electrons. The molecule has 1 aliphatic rings. The van der Waals surface area contributed by atoms with Gasteiger partial charge in [-0.05, 0) is 36.2 Å². The third kappa shape index (κ3) is 2.73. The van der Waals surface area contributed by atoms with Gasteiger partial charge in [-0.3, -0.25) is 4.90 Å². The molecule has 0 spiro atoms. The number of hydrogen-bond donors (Lipinski definition) is 1. The van der Waals surface area contributed by atoms with Crippen molar-refractivity contribution in [3.8, 4) is 0 Å². The van der Waals surface area contributed by atoms with E-state index in [1.807, 2.05) is 41.2 Å². The van der Waals surface area contributed by atoms with Gasteiger partial charge in [0.2, 0.25) is 0 Å². The third-order valence-corrected chi connectivity index (χ3v) is 4.49. The van der Waals surface area contributed by atoms with Gasteiger partial charge in [0.1, 0.15) is 5.82 Å². The summed E-state index contributed by atoms with van der Waals surface area (Å²) in [6.45, 7) is 1.27. The molecule has 5 heteroatoms. The molecule has 1 saturated heterocycles. The van der Waals surface area contributed by atoms with Crippen LogP contribution >= 0.6 is 0 Å². The molecule has 0 radical (unpaired) electrons. The molecule has 2 atom stereocenters. The summed E-state index contributed by atoms with van der Waals surface area (Å²) >= 11 is 0. The predicted octanol–water partition coefficient (Wildman–Crippen LogP) is 2.78. The lowest BCUT2D eigenvalue weighted by molar-refractivity contribution is 0.173. The van der Waals surface area contributed by atoms with Crippen LogP contribution in [0.25, 0.3) is 5.52 Å². The summed E-state index contributed by atoms with van der Waals surface area (Å²) in [5.41, 5.74) is 3.09. The van der Waals surface area contributed by atoms with E-state index in [1.54, 1.807) is 12.1 Å². The van der Waals surface area contributed by atoms with Gasteiger partial charge in [0.15, 0.2) is 0 Å². The van der Waals surface area contributed by atoms with E-state index in [0.717, 1.165) is 16.6 Å². The zero-order valence-electron chi connectivity index (χ0n) is 12.6. The second-order valence-corrected chi connectivity index (χ2v) is 6.09. The van der Waals surface area contributed by atoms with Crippen molar-refractivity contribution in [2.75, 3.05) is 6.54 Å². The fraction of sp³-hybridized carbons (Fsp3) is 0.278. The van der Waals surface area contributed by atoms with Crippen LogP contribution < -0.4 is 0 Å². The van der Waals surface area contributed by atoms with E-state index in [1.165, 1.54) is 6.07 Å². The number of aliphatic hydroxyl groups excluding tert-OH is 1. The number of β-amino-alcohol motifs (C(OH)–C–C–N with tert-alkyl or cyclic N) is 1. The molecule has 0 bridgehead atoms. The summed E-state index contributed by atoms with van der Waals surface area (Å²) < 4.78 is 15.4. The molecule has 0 amide bonds. The first-order valence-electron chi connectivity index (χ1n) is 7.79. The Kier molecular flexibility index (Phi) is 3.59. The predicted molar refractivity (Wildman–Crippen MR) is 85.4 cm³/mol. The minimum atomic E-state index is -0.384. The molecule has 1 N–H and O–H groups in total. The lowest BCUT2D eigenvalue weighted by Gasteiger charge is -2.24. The molecule has 1 aliphatic heterocycles. The molecule has 0 saturated carbocycles. The summed E-state index contributed by atoms with van der Waals surface area (Å²) in [7, 11) is 0. The maximum absolute atomic E-state index is 13.5. The van der Waals surface area contributed by atoms with Gasteiger partial charge in [-0.15, -0.1) is 0 Å². The molecule has 2 aromatic heterocycles. The van der Waals surface area contributed by atoms with Crippen molar-refractivity contribution < 1.29 is 9.50 Å². The van der Waals surface area contributed by atoms with Gasteiger partial charge in [-0.2, -0.15) is 5.10 Å². The molecule has 4 rings (SSSR count). The number of fused-ring (bicyclic) bond motifs is 1. The molecular formula is C18H18FN3O. The van der Waals surface area contributed by atoms with Crippen molar-refractivity contribution in [1.82, 2.24) is 14.5 Å². The largest absolute Gasteiger partial charge is 0.392 e. The van der Waals surface area contributed by atoms with E-state index in [0.29, 0.717) is 19.5 Å². The molecule has 4 nitrogen and oxygen atoms in total. The van der Waals surface area contributed by atoms with Crippen LogP contribution in [0.3, 0.4) is 0 Å². The second kappa shape index (κ2) is 5.76. The quantitative estimate of drug-likeness (QED) is 0.808. The van der Waals surface area contributed by atoms with Crippen LogP contribution in [-0.4, -0.2) is 32.3 Å². The van der Waals surface area contributed by atoms with Gasteiger partial charge in [0, 0.05) is 30.9 Å². The van der Waals surface area contributed by atoms with Crippen molar-refractivity contribution in [3.05, 3.63) is 71.8 Å². The van der Waals surface area contributed by atoms with Gasteiger partial charge in [0.25, 0.3) is 0 Å². The van der Waals surface area contributed by atoms with Gasteiger partial charge in [0.05, 0.1) is 17.8 Å². The number of likely N-dealkylation sites (tertiary alicyclic amines) is 1. The van der Waals surface area contributed by atoms with Crippen LogP contribution in [-0.2, 0) is 6.54 Å². The van der Waals surface area contributed by atoms with E-state index < -0.39 is 0 Å². The number of aromatic nitrogens is 2. The lowest BCUT2D eigenvalue weighted by Crippen LogP contribution is -2.24. The SMILES string of the molecule is O[C@@H]1C[C@@H](c2cccc(F)c2)N(Cc2cnn3ccccc23)C1. The third-order valence-electron chi connectivity index (χ3n) is 4.49. The minimum absolute atomic E-state index is 0.0272. The van der Waals surface area contributed by atoms with E-state index in [9.17, 15) is 9.50 Å². The number of aliphatic hydroxyl groups is 1. The summed E-state index contributed by atoms with van der Waals surface area (Å²) in [5.74, 6) is -0.236. The van der Waals surface area contributed by atoms with Crippen LogP contribution in [0.1, 0.15) is 23.6 Å². The van der Waals surface area contributed by atoms with Crippen LogP contribution in [0, 0.1) is 5.82 Å². The van der Waals surface area contributed by atoms with Gasteiger partial charge < -0.3 is 5.11 Å². The topological polar surface area (TPSA) is 40.8 Å². The summed E-state index contributed by atoms with van der Waals surface area (Å²) in [6.07, 6.45) is 4.03. The first-order valence-corrected chi connectivity index (χ1v) is 7.79. The average molecular weight is 311 g/mol. The van der Waals surface area contributed by atoms with Crippen LogP contribution in [0.15, 0.2) is 54.9 Å². The van der Waals surface area contributed by atoms with Gasteiger partial charge in [-0.25, -0.2) is 8.91 Å². The van der Waals surface area contributed by atoms with Crippen LogP contribution in [0.2, 0.25) is 0 Å². The number of rotatable bonds is 3. The Morgan fingerprint density at radius 2 is 2.13 bits per heavy atom. The number of benzene rings is 1. The Labute approximate surface area is 133 Å². The van der Waals surface area contributed by atoms with Crippen molar-refractivity contribution in [1.29, 1.82) is 0 Å². The molecular weight excluding hydrogens is 293 g/mol. The van der Waals surface area contributed by atoms with Crippen molar-refractivity contribution in [2.24, 2.45) is 0 Å². The lowest BCUT2D eigenvalue weighted by atomic mass is 10.0. The summed E-state index contributed by atoms with van der Waals surface area (Å²) in [5, 5.41) is 14.4. The highest BCUT2D eigenvalue weighted by Crippen LogP contribution is 2.34. The fourth-order valence-electron chi connectivity index (χ4n) is 3.44. The van der Waals surface area contributed by atoms with Gasteiger partial charge in [-0.1, -0.05) is 18.2 Å². The maximum Gasteiger partial charge on any atom is 0.123 e. The smallest absolute Gasteiger partial charge is 0.123 e. The monoisotopic (exact) mass is 311 g/mol. The number of pyridine rings is 1. The van der Waals surface area contributed by atoms with Crippen molar-refractivity contribution in [3.63, 3.8) is 0 Å². The number of halogens is 1. The molecule has 3 aromatic rings. The van der Waals surface area contributed by atoms with Crippen molar-refractivity contribution >= 4 is 5.52 Å². The van der Waals surface area contributed by atoms with Crippen molar-refractivity contribution in [2.45, 2.75) is 25.1 Å². The molecule has 1 aromatic carbocycles. The first-order chi connectivity index (χ1) is 11.2. The standard InChI is InChI=1S/C18H18FN3O/c19-15-5-3-4-13(8-15)18-9-16(23)12-21(18)11-14-10-20-22-7-2-1-6-17(14)22/h1-8,10,16,18,23H,9,11-12H2/t16-,18+/m1/s1. The number of nitrogens with zero attached hydrogens (tertiary/aromatic N) is 3. The zero-order chi connectivity index (χ0) is 15.8. The second-order valence-electron chi connectivity index (χ2n) is 6.09. The van der Waals surface area contributed by atoms with E-state index in [2.05, 4.69) is 10.00 Å². The Hall–Kier alpha value is -2.24. The maximum atomic E-state index is 13.5. The summed E-state index contributed by atoms with van der Waals surface area (Å²) in [6, 6.07) is 12.7. The average Bonchev–Trinajstić information content (AvgIpc) is 3.12. The van der Waals surface area contributed by atoms with E-state index >= 15 is 0 Å². The normalized spacial score (nSPS) is 22.0. The van der Waals surface area contributed by atoms with Crippen LogP contribution in [0.5, 0.6) is 0 Å². The molecule has 1 fully saturated rings. The first kappa shape index (κ1) is 14.4. The summed E-state index contributed by atoms with van der Waals surface area (Å²) in [4.78, 5) is 2.20. The minimum Gasteiger partial charge on any atom is -0.392 e. The van der Waals surface area contributed by atoms with E-state index in [4.69, 9.17) is 0 Å². The Morgan fingerprint density at radius 1 is 1.22 bits per heavy atom. The highest BCUT2D eigenvalue weighted by molar-refractivity contribution is 5.53. The zero-order valence-corrected chi connectivity index (χ0v) is 12.6. The Balaban J connectivity index is 1.64. The molecule has 23 heavy (non-hydrogen) atoms. The molecule has 3 heterocycles. The Bertz CT molecular complexity index is 832. The molecule has 0 aliphatic carbocycles. The fourth-order valence-corrected chi connectivity index (χ4v) is 3.44. The Morgan fingerprint density at radius 3 is 3.00 bits per heavy atom.